The number of anilines is 1. The molecule has 0 spiro atoms. The van der Waals surface area contributed by atoms with Crippen molar-refractivity contribution in [1.82, 2.24) is 4.57 Å². The van der Waals surface area contributed by atoms with Crippen molar-refractivity contribution in [2.75, 3.05) is 5.32 Å². The van der Waals surface area contributed by atoms with Crippen molar-refractivity contribution in [3.63, 3.8) is 0 Å². The van der Waals surface area contributed by atoms with Gasteiger partial charge in [0.1, 0.15) is 0 Å². The fourth-order valence-corrected chi connectivity index (χ4v) is 2.34. The smallest absolute Gasteiger partial charge is 0.0553 e. The lowest BCUT2D eigenvalue weighted by Gasteiger charge is -2.11. The molecule has 2 aromatic rings. The van der Waals surface area contributed by atoms with Crippen molar-refractivity contribution >= 4 is 21.6 Å². The Kier molecular flexibility index (Phi) is 4.48. The lowest BCUT2D eigenvalue weighted by atomic mass is 10.2. The molecule has 0 radical (unpaired) electrons. The summed E-state index contributed by atoms with van der Waals surface area (Å²) in [7, 11) is 0. The molecule has 0 saturated heterocycles. The van der Waals surface area contributed by atoms with Gasteiger partial charge in [-0.15, -0.1) is 0 Å². The van der Waals surface area contributed by atoms with Crippen molar-refractivity contribution in [2.45, 2.75) is 33.4 Å². The topological polar surface area (TPSA) is 17.0 Å². The summed E-state index contributed by atoms with van der Waals surface area (Å²) >= 11 is 3.56. The number of nitrogens with one attached hydrogen (secondary N) is 1. The van der Waals surface area contributed by atoms with Crippen LogP contribution in [-0.4, -0.2) is 4.57 Å². The molecule has 2 nitrogen and oxygen atoms in total. The molecule has 0 amide bonds. The van der Waals surface area contributed by atoms with Gasteiger partial charge in [-0.1, -0.05) is 28.9 Å². The highest BCUT2D eigenvalue weighted by Gasteiger charge is 2.01. The Bertz CT molecular complexity index is 517. The first-order chi connectivity index (χ1) is 8.70. The van der Waals surface area contributed by atoms with Crippen molar-refractivity contribution in [1.29, 1.82) is 0 Å². The number of aromatic nitrogens is 1. The molecule has 0 bridgehead atoms. The minimum Gasteiger partial charge on any atom is -0.379 e. The second kappa shape index (κ2) is 6.10. The first-order valence-electron chi connectivity index (χ1n) is 6.34. The van der Waals surface area contributed by atoms with Crippen LogP contribution in [0.2, 0.25) is 0 Å². The zero-order valence-corrected chi connectivity index (χ0v) is 12.5. The molecule has 0 aliphatic rings. The number of benzene rings is 1. The van der Waals surface area contributed by atoms with E-state index in [9.17, 15) is 0 Å². The van der Waals surface area contributed by atoms with Crippen molar-refractivity contribution in [2.24, 2.45) is 0 Å². The minimum absolute atomic E-state index is 0.864. The van der Waals surface area contributed by atoms with Gasteiger partial charge in [0.15, 0.2) is 0 Å². The second-order valence-corrected chi connectivity index (χ2v) is 5.36. The third kappa shape index (κ3) is 3.16. The number of halogens is 1. The van der Waals surface area contributed by atoms with Gasteiger partial charge in [-0.2, -0.15) is 0 Å². The third-order valence-corrected chi connectivity index (χ3v) is 3.89. The van der Waals surface area contributed by atoms with Gasteiger partial charge in [0.2, 0.25) is 0 Å². The SMILES string of the molecule is CCCn1cccc1CNc1ccc(C)c(Br)c1. The summed E-state index contributed by atoms with van der Waals surface area (Å²) in [6.07, 6.45) is 3.31. The average Bonchev–Trinajstić information content (AvgIpc) is 2.79. The van der Waals surface area contributed by atoms with Crippen LogP contribution in [0.15, 0.2) is 41.0 Å². The summed E-state index contributed by atoms with van der Waals surface area (Å²) in [4.78, 5) is 0. The average molecular weight is 307 g/mol. The minimum atomic E-state index is 0.864. The molecule has 96 valence electrons. The van der Waals surface area contributed by atoms with E-state index in [0.717, 1.165) is 29.7 Å². The monoisotopic (exact) mass is 306 g/mol. The van der Waals surface area contributed by atoms with Crippen LogP contribution in [0.25, 0.3) is 0 Å². The predicted molar refractivity (Wildman–Crippen MR) is 80.9 cm³/mol. The standard InChI is InChI=1S/C15H19BrN2/c1-3-8-18-9-4-5-14(18)11-17-13-7-6-12(2)15(16)10-13/h4-7,9-10,17H,3,8,11H2,1-2H3. The number of aryl methyl sites for hydroxylation is 2. The summed E-state index contributed by atoms with van der Waals surface area (Å²) in [6, 6.07) is 10.6. The van der Waals surface area contributed by atoms with Crippen LogP contribution in [0.4, 0.5) is 5.69 Å². The first kappa shape index (κ1) is 13.2. The van der Waals surface area contributed by atoms with E-state index < -0.39 is 0 Å². The summed E-state index contributed by atoms with van der Waals surface area (Å²) < 4.78 is 3.45. The highest BCUT2D eigenvalue weighted by Crippen LogP contribution is 2.21. The van der Waals surface area contributed by atoms with E-state index in [0.29, 0.717) is 0 Å². The summed E-state index contributed by atoms with van der Waals surface area (Å²) in [5, 5.41) is 3.46. The molecular weight excluding hydrogens is 288 g/mol. The molecule has 0 unspecified atom stereocenters. The number of rotatable bonds is 5. The molecular formula is C15H19BrN2. The van der Waals surface area contributed by atoms with Gasteiger partial charge in [0.05, 0.1) is 6.54 Å². The fourth-order valence-electron chi connectivity index (χ4n) is 1.96. The van der Waals surface area contributed by atoms with Gasteiger partial charge in [-0.05, 0) is 43.2 Å². The van der Waals surface area contributed by atoms with Gasteiger partial charge in [0, 0.05) is 28.6 Å². The summed E-state index contributed by atoms with van der Waals surface area (Å²) in [6.45, 7) is 6.25. The predicted octanol–water partition coefficient (Wildman–Crippen LogP) is 4.58. The Labute approximate surface area is 117 Å². The summed E-state index contributed by atoms with van der Waals surface area (Å²) in [5.41, 5.74) is 3.74. The van der Waals surface area contributed by atoms with Crippen LogP contribution in [0.3, 0.4) is 0 Å². The largest absolute Gasteiger partial charge is 0.379 e. The molecule has 1 heterocycles. The molecule has 18 heavy (non-hydrogen) atoms. The lowest BCUT2D eigenvalue weighted by molar-refractivity contribution is 0.654. The Morgan fingerprint density at radius 3 is 2.83 bits per heavy atom. The van der Waals surface area contributed by atoms with Crippen LogP contribution in [0.1, 0.15) is 24.6 Å². The molecule has 1 N–H and O–H groups in total. The highest BCUT2D eigenvalue weighted by molar-refractivity contribution is 9.10. The van der Waals surface area contributed by atoms with E-state index in [4.69, 9.17) is 0 Å². The maximum atomic E-state index is 3.56. The lowest BCUT2D eigenvalue weighted by Crippen LogP contribution is -2.06. The van der Waals surface area contributed by atoms with Crippen LogP contribution >= 0.6 is 15.9 Å². The van der Waals surface area contributed by atoms with Crippen molar-refractivity contribution in [3.8, 4) is 0 Å². The second-order valence-electron chi connectivity index (χ2n) is 4.51. The summed E-state index contributed by atoms with van der Waals surface area (Å²) in [5.74, 6) is 0. The van der Waals surface area contributed by atoms with E-state index in [1.54, 1.807) is 0 Å². The van der Waals surface area contributed by atoms with Gasteiger partial charge in [-0.25, -0.2) is 0 Å². The van der Waals surface area contributed by atoms with Crippen LogP contribution < -0.4 is 5.32 Å². The van der Waals surface area contributed by atoms with Gasteiger partial charge >= 0.3 is 0 Å². The van der Waals surface area contributed by atoms with Crippen molar-refractivity contribution in [3.05, 3.63) is 52.3 Å². The van der Waals surface area contributed by atoms with E-state index in [1.165, 1.54) is 11.3 Å². The van der Waals surface area contributed by atoms with Crippen molar-refractivity contribution < 1.29 is 0 Å². The van der Waals surface area contributed by atoms with Crippen LogP contribution in [-0.2, 0) is 13.1 Å². The van der Waals surface area contributed by atoms with Gasteiger partial charge in [0.25, 0.3) is 0 Å². The van der Waals surface area contributed by atoms with E-state index in [-0.39, 0.29) is 0 Å². The van der Waals surface area contributed by atoms with E-state index in [2.05, 4.69) is 76.2 Å². The molecule has 0 aliphatic heterocycles. The zero-order chi connectivity index (χ0) is 13.0. The van der Waals surface area contributed by atoms with E-state index >= 15 is 0 Å². The molecule has 0 fully saturated rings. The fraction of sp³-hybridized carbons (Fsp3) is 0.333. The van der Waals surface area contributed by atoms with Gasteiger partial charge in [-0.3, -0.25) is 0 Å². The Morgan fingerprint density at radius 2 is 2.11 bits per heavy atom. The van der Waals surface area contributed by atoms with Crippen LogP contribution in [0, 0.1) is 6.92 Å². The zero-order valence-electron chi connectivity index (χ0n) is 10.9. The normalized spacial score (nSPS) is 10.6. The van der Waals surface area contributed by atoms with Crippen LogP contribution in [0.5, 0.6) is 0 Å². The third-order valence-electron chi connectivity index (χ3n) is 3.03. The highest BCUT2D eigenvalue weighted by atomic mass is 79.9. The van der Waals surface area contributed by atoms with Gasteiger partial charge < -0.3 is 9.88 Å². The number of hydrogen-bond acceptors (Lipinski definition) is 1. The number of hydrogen-bond donors (Lipinski definition) is 1. The first-order valence-corrected chi connectivity index (χ1v) is 7.14. The molecule has 2 rings (SSSR count). The Morgan fingerprint density at radius 1 is 1.28 bits per heavy atom. The quantitative estimate of drug-likeness (QED) is 0.855. The Balaban J connectivity index is 2.02. The molecule has 0 saturated carbocycles. The maximum absolute atomic E-state index is 3.56. The Hall–Kier alpha value is -1.22. The van der Waals surface area contributed by atoms with E-state index in [1.807, 2.05) is 0 Å². The molecule has 1 aromatic heterocycles. The molecule has 0 aliphatic carbocycles. The molecule has 0 atom stereocenters. The maximum Gasteiger partial charge on any atom is 0.0553 e. The number of nitrogens with zero attached hydrogens (tertiary/aromatic N) is 1. The molecule has 1 aromatic carbocycles. The molecule has 3 heteroatoms.